The Balaban J connectivity index is 1.99. The monoisotopic (exact) mass is 238 g/mol. The van der Waals surface area contributed by atoms with Crippen molar-refractivity contribution >= 4 is 0 Å². The van der Waals surface area contributed by atoms with E-state index < -0.39 is 0 Å². The Kier molecular flexibility index (Phi) is 3.64. The third kappa shape index (κ3) is 2.96. The van der Waals surface area contributed by atoms with Crippen molar-refractivity contribution < 1.29 is 9.13 Å². The molecular weight excluding hydrogens is 219 g/mol. The lowest BCUT2D eigenvalue weighted by atomic mass is 10.0. The van der Waals surface area contributed by atoms with E-state index in [2.05, 4.69) is 17.6 Å². The topological polar surface area (TPSA) is 33.3 Å². The van der Waals surface area contributed by atoms with Crippen LogP contribution in [0, 0.1) is 5.82 Å². The summed E-state index contributed by atoms with van der Waals surface area (Å²) < 4.78 is 18.7. The summed E-state index contributed by atoms with van der Waals surface area (Å²) in [7, 11) is 1.54. The molecule has 1 heterocycles. The predicted octanol–water partition coefficient (Wildman–Crippen LogP) is 1.68. The average molecular weight is 238 g/mol. The molecule has 1 aromatic rings. The molecule has 2 N–H and O–H groups in total. The van der Waals surface area contributed by atoms with Crippen LogP contribution in [-0.2, 0) is 6.54 Å². The van der Waals surface area contributed by atoms with Crippen molar-refractivity contribution in [2.24, 2.45) is 0 Å². The van der Waals surface area contributed by atoms with E-state index in [1.54, 1.807) is 12.1 Å². The Labute approximate surface area is 101 Å². The van der Waals surface area contributed by atoms with Gasteiger partial charge >= 0.3 is 0 Å². The maximum atomic E-state index is 13.7. The molecule has 1 aliphatic rings. The Morgan fingerprint density at radius 3 is 2.94 bits per heavy atom. The third-order valence-electron chi connectivity index (χ3n) is 3.33. The lowest BCUT2D eigenvalue weighted by molar-refractivity contribution is 0.380. The highest BCUT2D eigenvalue weighted by molar-refractivity contribution is 5.28. The molecule has 3 nitrogen and oxygen atoms in total. The zero-order chi connectivity index (χ0) is 12.3. The second-order valence-electron chi connectivity index (χ2n) is 4.80. The molecule has 94 valence electrons. The van der Waals surface area contributed by atoms with Crippen LogP contribution in [0.15, 0.2) is 18.2 Å². The first-order chi connectivity index (χ1) is 8.13. The Hall–Kier alpha value is -1.13. The molecule has 4 heteroatoms. The van der Waals surface area contributed by atoms with Crippen LogP contribution in [0.3, 0.4) is 0 Å². The molecule has 0 spiro atoms. The number of nitrogens with one attached hydrogen (secondary N) is 2. The molecular formula is C13H19FN2O. The van der Waals surface area contributed by atoms with E-state index in [1.807, 2.05) is 0 Å². The maximum absolute atomic E-state index is 13.7. The second-order valence-corrected chi connectivity index (χ2v) is 4.80. The van der Waals surface area contributed by atoms with Crippen LogP contribution >= 0.6 is 0 Å². The number of methoxy groups -OCH3 is 1. The van der Waals surface area contributed by atoms with Crippen molar-refractivity contribution in [3.8, 4) is 5.75 Å². The first-order valence-electron chi connectivity index (χ1n) is 5.91. The van der Waals surface area contributed by atoms with E-state index in [-0.39, 0.29) is 11.4 Å². The van der Waals surface area contributed by atoms with E-state index in [4.69, 9.17) is 4.74 Å². The van der Waals surface area contributed by atoms with Crippen LogP contribution in [0.1, 0.15) is 18.9 Å². The van der Waals surface area contributed by atoms with E-state index in [0.29, 0.717) is 17.9 Å². The molecule has 0 bridgehead atoms. The van der Waals surface area contributed by atoms with E-state index in [0.717, 1.165) is 19.5 Å². The van der Waals surface area contributed by atoms with Crippen molar-refractivity contribution in [2.75, 3.05) is 20.2 Å². The minimum Gasteiger partial charge on any atom is -0.497 e. The van der Waals surface area contributed by atoms with Crippen molar-refractivity contribution in [3.05, 3.63) is 29.6 Å². The van der Waals surface area contributed by atoms with Gasteiger partial charge in [-0.25, -0.2) is 4.39 Å². The van der Waals surface area contributed by atoms with Gasteiger partial charge in [-0.3, -0.25) is 0 Å². The van der Waals surface area contributed by atoms with Gasteiger partial charge in [0.2, 0.25) is 0 Å². The molecule has 0 aliphatic carbocycles. The second kappa shape index (κ2) is 5.02. The van der Waals surface area contributed by atoms with Gasteiger partial charge in [0.05, 0.1) is 7.11 Å². The van der Waals surface area contributed by atoms with Crippen molar-refractivity contribution in [1.82, 2.24) is 10.6 Å². The molecule has 17 heavy (non-hydrogen) atoms. The third-order valence-corrected chi connectivity index (χ3v) is 3.33. The molecule has 1 unspecified atom stereocenters. The minimum absolute atomic E-state index is 0.0758. The summed E-state index contributed by atoms with van der Waals surface area (Å²) in [6.07, 6.45) is 1.07. The fourth-order valence-electron chi connectivity index (χ4n) is 2.07. The van der Waals surface area contributed by atoms with Gasteiger partial charge in [0.1, 0.15) is 11.6 Å². The van der Waals surface area contributed by atoms with Crippen molar-refractivity contribution in [2.45, 2.75) is 25.4 Å². The molecule has 0 saturated carbocycles. The Morgan fingerprint density at radius 2 is 2.35 bits per heavy atom. The predicted molar refractivity (Wildman–Crippen MR) is 65.7 cm³/mol. The van der Waals surface area contributed by atoms with Crippen LogP contribution < -0.4 is 15.4 Å². The molecule has 1 atom stereocenters. The van der Waals surface area contributed by atoms with Crippen LogP contribution in [0.2, 0.25) is 0 Å². The van der Waals surface area contributed by atoms with Crippen molar-refractivity contribution in [1.29, 1.82) is 0 Å². The molecule has 1 aliphatic heterocycles. The van der Waals surface area contributed by atoms with Crippen LogP contribution in [-0.4, -0.2) is 25.7 Å². The van der Waals surface area contributed by atoms with E-state index in [1.165, 1.54) is 13.2 Å². The normalized spacial score (nSPS) is 23.9. The average Bonchev–Trinajstić information content (AvgIpc) is 2.75. The number of hydrogen-bond donors (Lipinski definition) is 2. The fourth-order valence-corrected chi connectivity index (χ4v) is 2.07. The largest absolute Gasteiger partial charge is 0.497 e. The lowest BCUT2D eigenvalue weighted by Gasteiger charge is -2.24. The molecule has 1 saturated heterocycles. The van der Waals surface area contributed by atoms with Crippen LogP contribution in [0.5, 0.6) is 5.75 Å². The van der Waals surface area contributed by atoms with Gasteiger partial charge in [0, 0.05) is 30.3 Å². The summed E-state index contributed by atoms with van der Waals surface area (Å²) in [4.78, 5) is 0. The zero-order valence-electron chi connectivity index (χ0n) is 10.3. The molecule has 0 amide bonds. The highest BCUT2D eigenvalue weighted by Gasteiger charge is 2.27. The van der Waals surface area contributed by atoms with Crippen LogP contribution in [0.4, 0.5) is 4.39 Å². The van der Waals surface area contributed by atoms with Crippen LogP contribution in [0.25, 0.3) is 0 Å². The highest BCUT2D eigenvalue weighted by atomic mass is 19.1. The number of ether oxygens (including phenoxy) is 1. The summed E-state index contributed by atoms with van der Waals surface area (Å²) in [5.74, 6) is 0.339. The first kappa shape index (κ1) is 12.3. The Morgan fingerprint density at radius 1 is 1.53 bits per heavy atom. The van der Waals surface area contributed by atoms with Gasteiger partial charge in [-0.15, -0.1) is 0 Å². The Bertz CT molecular complexity index is 389. The standard InChI is InChI=1S/C13H19FN2O/c1-13(5-6-15-9-13)16-8-10-3-4-11(17-2)7-12(10)14/h3-4,7,15-16H,5-6,8-9H2,1-2H3. The summed E-state index contributed by atoms with van der Waals surface area (Å²) in [6.45, 7) is 4.67. The van der Waals surface area contributed by atoms with Gasteiger partial charge in [-0.05, 0) is 26.0 Å². The van der Waals surface area contributed by atoms with Gasteiger partial charge in [0.25, 0.3) is 0 Å². The summed E-state index contributed by atoms with van der Waals surface area (Å²) in [6, 6.07) is 4.98. The first-order valence-corrected chi connectivity index (χ1v) is 5.91. The SMILES string of the molecule is COc1ccc(CNC2(C)CCNC2)c(F)c1. The quantitative estimate of drug-likeness (QED) is 0.837. The molecule has 1 fully saturated rings. The summed E-state index contributed by atoms with van der Waals surface area (Å²) in [5, 5.41) is 6.71. The summed E-state index contributed by atoms with van der Waals surface area (Å²) >= 11 is 0. The number of halogens is 1. The highest BCUT2D eigenvalue weighted by Crippen LogP contribution is 2.18. The van der Waals surface area contributed by atoms with E-state index in [9.17, 15) is 4.39 Å². The zero-order valence-corrected chi connectivity index (χ0v) is 10.3. The fraction of sp³-hybridized carbons (Fsp3) is 0.538. The lowest BCUT2D eigenvalue weighted by Crippen LogP contribution is -2.43. The minimum atomic E-state index is -0.216. The maximum Gasteiger partial charge on any atom is 0.131 e. The molecule has 2 rings (SSSR count). The molecule has 0 radical (unpaired) electrons. The van der Waals surface area contributed by atoms with Gasteiger partial charge < -0.3 is 15.4 Å². The van der Waals surface area contributed by atoms with Gasteiger partial charge in [-0.2, -0.15) is 0 Å². The smallest absolute Gasteiger partial charge is 0.131 e. The number of rotatable bonds is 4. The van der Waals surface area contributed by atoms with Gasteiger partial charge in [0.15, 0.2) is 0 Å². The van der Waals surface area contributed by atoms with E-state index >= 15 is 0 Å². The number of benzene rings is 1. The molecule has 0 aromatic heterocycles. The summed E-state index contributed by atoms with van der Waals surface area (Å²) in [5.41, 5.74) is 0.755. The van der Waals surface area contributed by atoms with Gasteiger partial charge in [-0.1, -0.05) is 6.07 Å². The number of hydrogen-bond acceptors (Lipinski definition) is 3. The molecule has 1 aromatic carbocycles. The van der Waals surface area contributed by atoms with Crippen molar-refractivity contribution in [3.63, 3.8) is 0 Å².